The van der Waals surface area contributed by atoms with Crippen LogP contribution in [0.25, 0.3) is 5.69 Å². The summed E-state index contributed by atoms with van der Waals surface area (Å²) in [5.74, 6) is -1.19. The summed E-state index contributed by atoms with van der Waals surface area (Å²) in [6, 6.07) is 14.3. The Morgan fingerprint density at radius 3 is 2.36 bits per heavy atom. The number of hydrazine groups is 1. The third-order valence-electron chi connectivity index (χ3n) is 3.96. The third kappa shape index (κ3) is 3.83. The average molecular weight is 380 g/mol. The summed E-state index contributed by atoms with van der Waals surface area (Å²) in [7, 11) is 1.30. The first-order valence-corrected chi connectivity index (χ1v) is 8.16. The van der Waals surface area contributed by atoms with Gasteiger partial charge in [0.15, 0.2) is 5.75 Å². The average Bonchev–Trinajstić information content (AvgIpc) is 3.26. The lowest BCUT2D eigenvalue weighted by atomic mass is 10.1. The summed E-state index contributed by atoms with van der Waals surface area (Å²) < 4.78 is 6.67. The minimum Gasteiger partial charge on any atom is -0.490 e. The van der Waals surface area contributed by atoms with Crippen LogP contribution in [-0.2, 0) is 0 Å². The molecule has 0 aliphatic heterocycles. The molecule has 0 aliphatic rings. The molecular weight excluding hydrogens is 364 g/mol. The zero-order chi connectivity index (χ0) is 20.1. The van der Waals surface area contributed by atoms with Crippen LogP contribution in [0.1, 0.15) is 20.7 Å². The fourth-order valence-electron chi connectivity index (χ4n) is 2.61. The number of hydrogen-bond donors (Lipinski definition) is 2. The Labute approximate surface area is 159 Å². The van der Waals surface area contributed by atoms with E-state index in [2.05, 4.69) is 10.9 Å². The molecule has 2 aromatic carbocycles. The molecule has 9 heteroatoms. The van der Waals surface area contributed by atoms with Crippen LogP contribution in [-0.4, -0.2) is 28.4 Å². The first-order chi connectivity index (χ1) is 13.5. The van der Waals surface area contributed by atoms with Gasteiger partial charge in [-0.05, 0) is 36.4 Å². The summed E-state index contributed by atoms with van der Waals surface area (Å²) in [6.07, 6.45) is 3.59. The molecule has 0 spiro atoms. The van der Waals surface area contributed by atoms with Crippen molar-refractivity contribution in [2.45, 2.75) is 0 Å². The summed E-state index contributed by atoms with van der Waals surface area (Å²) in [5.41, 5.74) is 5.23. The number of para-hydroxylation sites is 1. The highest BCUT2D eigenvalue weighted by Gasteiger charge is 2.19. The normalized spacial score (nSPS) is 10.2. The Morgan fingerprint density at radius 1 is 1.00 bits per heavy atom. The smallest absolute Gasteiger partial charge is 0.311 e. The molecule has 0 saturated heterocycles. The van der Waals surface area contributed by atoms with E-state index < -0.39 is 16.7 Å². The van der Waals surface area contributed by atoms with Gasteiger partial charge in [0.2, 0.25) is 0 Å². The van der Waals surface area contributed by atoms with Gasteiger partial charge in [-0.15, -0.1) is 0 Å². The number of nitro benzene ring substituents is 1. The van der Waals surface area contributed by atoms with Gasteiger partial charge in [0.05, 0.1) is 23.3 Å². The Balaban J connectivity index is 1.75. The monoisotopic (exact) mass is 380 g/mol. The van der Waals surface area contributed by atoms with Gasteiger partial charge in [-0.2, -0.15) is 0 Å². The molecule has 28 heavy (non-hydrogen) atoms. The zero-order valence-electron chi connectivity index (χ0n) is 14.8. The van der Waals surface area contributed by atoms with Crippen LogP contribution in [0, 0.1) is 10.1 Å². The van der Waals surface area contributed by atoms with E-state index in [1.807, 2.05) is 12.1 Å². The second-order valence-electron chi connectivity index (χ2n) is 5.66. The van der Waals surface area contributed by atoms with E-state index in [1.54, 1.807) is 41.2 Å². The molecule has 0 atom stereocenters. The SMILES string of the molecule is COc1ccc(C(=O)NNC(=O)c2ccccc2-n2cccc2)cc1[N+](=O)[O-]. The highest BCUT2D eigenvalue weighted by molar-refractivity contribution is 6.01. The quantitative estimate of drug-likeness (QED) is 0.521. The van der Waals surface area contributed by atoms with Gasteiger partial charge in [-0.1, -0.05) is 12.1 Å². The number of nitro groups is 1. The molecule has 0 radical (unpaired) electrons. The number of methoxy groups -OCH3 is 1. The van der Waals surface area contributed by atoms with Crippen molar-refractivity contribution in [1.29, 1.82) is 0 Å². The van der Waals surface area contributed by atoms with Gasteiger partial charge >= 0.3 is 5.69 Å². The molecule has 0 bridgehead atoms. The van der Waals surface area contributed by atoms with Crippen molar-refractivity contribution in [2.75, 3.05) is 7.11 Å². The maximum atomic E-state index is 12.5. The first kappa shape index (κ1) is 18.6. The Kier molecular flexibility index (Phi) is 5.35. The minimum atomic E-state index is -0.697. The topological polar surface area (TPSA) is 116 Å². The minimum absolute atomic E-state index is 0.00601. The number of nitrogens with zero attached hydrogens (tertiary/aromatic N) is 2. The largest absolute Gasteiger partial charge is 0.490 e. The number of hydrogen-bond acceptors (Lipinski definition) is 5. The highest BCUT2D eigenvalue weighted by atomic mass is 16.6. The van der Waals surface area contributed by atoms with Crippen molar-refractivity contribution in [3.63, 3.8) is 0 Å². The number of nitrogens with one attached hydrogen (secondary N) is 2. The standard InChI is InChI=1S/C19H16N4O5/c1-28-17-9-8-13(12-16(17)23(26)27)18(24)20-21-19(25)14-6-2-3-7-15(14)22-10-4-5-11-22/h2-12H,1H3,(H,20,24)(H,21,25). The molecular formula is C19H16N4O5. The van der Waals surface area contributed by atoms with Crippen molar-refractivity contribution in [1.82, 2.24) is 15.4 Å². The van der Waals surface area contributed by atoms with E-state index in [-0.39, 0.29) is 17.0 Å². The molecule has 142 valence electrons. The van der Waals surface area contributed by atoms with E-state index >= 15 is 0 Å². The summed E-state index contributed by atoms with van der Waals surface area (Å²) >= 11 is 0. The van der Waals surface area contributed by atoms with Gasteiger partial charge in [0.25, 0.3) is 11.8 Å². The molecule has 3 rings (SSSR count). The number of aromatic nitrogens is 1. The van der Waals surface area contributed by atoms with Crippen molar-refractivity contribution in [2.24, 2.45) is 0 Å². The van der Waals surface area contributed by atoms with E-state index in [1.165, 1.54) is 19.2 Å². The summed E-state index contributed by atoms with van der Waals surface area (Å²) in [5, 5.41) is 11.1. The maximum Gasteiger partial charge on any atom is 0.311 e. The molecule has 9 nitrogen and oxygen atoms in total. The van der Waals surface area contributed by atoms with Crippen LogP contribution in [0.3, 0.4) is 0 Å². The number of carbonyl (C=O) groups excluding carboxylic acids is 2. The fraction of sp³-hybridized carbons (Fsp3) is 0.0526. The molecule has 2 amide bonds. The maximum absolute atomic E-state index is 12.5. The predicted molar refractivity (Wildman–Crippen MR) is 100 cm³/mol. The van der Waals surface area contributed by atoms with E-state index in [0.29, 0.717) is 11.3 Å². The van der Waals surface area contributed by atoms with Crippen molar-refractivity contribution in [3.05, 3.63) is 88.2 Å². The highest BCUT2D eigenvalue weighted by Crippen LogP contribution is 2.27. The van der Waals surface area contributed by atoms with Gasteiger partial charge < -0.3 is 9.30 Å². The van der Waals surface area contributed by atoms with Crippen molar-refractivity contribution < 1.29 is 19.2 Å². The van der Waals surface area contributed by atoms with Gasteiger partial charge in [-0.25, -0.2) is 0 Å². The Hall–Kier alpha value is -4.14. The second-order valence-corrected chi connectivity index (χ2v) is 5.66. The van der Waals surface area contributed by atoms with Crippen LogP contribution in [0.5, 0.6) is 5.75 Å². The van der Waals surface area contributed by atoms with Crippen LogP contribution >= 0.6 is 0 Å². The van der Waals surface area contributed by atoms with E-state index in [0.717, 1.165) is 6.07 Å². The number of ether oxygens (including phenoxy) is 1. The van der Waals surface area contributed by atoms with Gasteiger partial charge in [0.1, 0.15) is 0 Å². The predicted octanol–water partition coefficient (Wildman–Crippen LogP) is 2.47. The lowest BCUT2D eigenvalue weighted by Gasteiger charge is -2.12. The van der Waals surface area contributed by atoms with Crippen LogP contribution < -0.4 is 15.6 Å². The van der Waals surface area contributed by atoms with Crippen molar-refractivity contribution >= 4 is 17.5 Å². The fourth-order valence-corrected chi connectivity index (χ4v) is 2.61. The number of amides is 2. The van der Waals surface area contributed by atoms with Crippen molar-refractivity contribution in [3.8, 4) is 11.4 Å². The number of carbonyl (C=O) groups is 2. The van der Waals surface area contributed by atoms with Gasteiger partial charge in [0, 0.05) is 24.0 Å². The third-order valence-corrected chi connectivity index (χ3v) is 3.96. The van der Waals surface area contributed by atoms with Crippen LogP contribution in [0.4, 0.5) is 5.69 Å². The number of benzene rings is 2. The molecule has 1 heterocycles. The van der Waals surface area contributed by atoms with Gasteiger partial charge in [-0.3, -0.25) is 30.6 Å². The summed E-state index contributed by atoms with van der Waals surface area (Å²) in [4.78, 5) is 35.2. The lowest BCUT2D eigenvalue weighted by Crippen LogP contribution is -2.42. The Bertz CT molecular complexity index is 1030. The molecule has 0 unspecified atom stereocenters. The number of rotatable bonds is 5. The first-order valence-electron chi connectivity index (χ1n) is 8.16. The molecule has 2 N–H and O–H groups in total. The molecule has 0 aliphatic carbocycles. The molecule has 0 fully saturated rings. The molecule has 0 saturated carbocycles. The van der Waals surface area contributed by atoms with Crippen LogP contribution in [0.2, 0.25) is 0 Å². The zero-order valence-corrected chi connectivity index (χ0v) is 14.8. The lowest BCUT2D eigenvalue weighted by molar-refractivity contribution is -0.385. The van der Waals surface area contributed by atoms with Crippen LogP contribution in [0.15, 0.2) is 67.0 Å². The second kappa shape index (κ2) is 8.04. The molecule has 1 aromatic heterocycles. The van der Waals surface area contributed by atoms with E-state index in [4.69, 9.17) is 4.74 Å². The van der Waals surface area contributed by atoms with E-state index in [9.17, 15) is 19.7 Å². The summed E-state index contributed by atoms with van der Waals surface area (Å²) in [6.45, 7) is 0. The Morgan fingerprint density at radius 2 is 1.68 bits per heavy atom. The molecule has 3 aromatic rings.